The molecule has 0 unspecified atom stereocenters. The zero-order valence-electron chi connectivity index (χ0n) is 11.9. The lowest BCUT2D eigenvalue weighted by Gasteiger charge is -2.16. The number of rotatable bonds is 4. The molecule has 1 N–H and O–H groups in total. The van der Waals surface area contributed by atoms with Crippen molar-refractivity contribution in [3.63, 3.8) is 0 Å². The lowest BCUT2D eigenvalue weighted by molar-refractivity contribution is -0.384. The first kappa shape index (κ1) is 15.8. The molecule has 0 radical (unpaired) electrons. The molecule has 1 fully saturated rings. The molecule has 7 heteroatoms. The third kappa shape index (κ3) is 3.02. The maximum absolute atomic E-state index is 12.6. The number of amides is 1. The van der Waals surface area contributed by atoms with Crippen LogP contribution in [0.5, 0.6) is 0 Å². The van der Waals surface area contributed by atoms with Crippen LogP contribution in [-0.2, 0) is 10.2 Å². The van der Waals surface area contributed by atoms with E-state index in [2.05, 4.69) is 5.32 Å². The Balaban J connectivity index is 1.82. The highest BCUT2D eigenvalue weighted by atomic mass is 35.5. The largest absolute Gasteiger partial charge is 0.324 e. The lowest BCUT2D eigenvalue weighted by atomic mass is 9.94. The minimum atomic E-state index is -0.641. The number of anilines is 1. The second kappa shape index (κ2) is 5.83. The quantitative estimate of drug-likeness (QED) is 0.648. The third-order valence-corrected chi connectivity index (χ3v) is 4.54. The van der Waals surface area contributed by atoms with E-state index >= 15 is 0 Å². The molecule has 0 aliphatic heterocycles. The van der Waals surface area contributed by atoms with Gasteiger partial charge in [0.15, 0.2) is 0 Å². The third-order valence-electron chi connectivity index (χ3n) is 3.99. The summed E-state index contributed by atoms with van der Waals surface area (Å²) in [5, 5.41) is 14.4. The first-order valence-electron chi connectivity index (χ1n) is 6.94. The maximum Gasteiger partial charge on any atom is 0.269 e. The molecule has 5 nitrogen and oxygen atoms in total. The molecule has 0 atom stereocenters. The van der Waals surface area contributed by atoms with Crippen molar-refractivity contribution in [3.05, 3.63) is 68.2 Å². The van der Waals surface area contributed by atoms with Crippen molar-refractivity contribution in [3.8, 4) is 0 Å². The van der Waals surface area contributed by atoms with Crippen LogP contribution in [0.3, 0.4) is 0 Å². The number of halogens is 2. The number of hydrogen-bond acceptors (Lipinski definition) is 3. The Morgan fingerprint density at radius 3 is 2.30 bits per heavy atom. The molecule has 2 aromatic carbocycles. The smallest absolute Gasteiger partial charge is 0.269 e. The van der Waals surface area contributed by atoms with Crippen molar-refractivity contribution >= 4 is 40.5 Å². The second-order valence-electron chi connectivity index (χ2n) is 5.46. The Morgan fingerprint density at radius 1 is 1.13 bits per heavy atom. The highest BCUT2D eigenvalue weighted by Crippen LogP contribution is 2.49. The summed E-state index contributed by atoms with van der Waals surface area (Å²) in [6.45, 7) is 0. The first-order valence-corrected chi connectivity index (χ1v) is 7.69. The molecule has 1 aliphatic rings. The summed E-state index contributed by atoms with van der Waals surface area (Å²) >= 11 is 11.9. The van der Waals surface area contributed by atoms with Crippen LogP contribution < -0.4 is 5.32 Å². The van der Waals surface area contributed by atoms with Gasteiger partial charge in [0, 0.05) is 17.2 Å². The maximum atomic E-state index is 12.6. The number of carbonyl (C=O) groups excluding carboxylic acids is 1. The van der Waals surface area contributed by atoms with E-state index in [1.807, 2.05) is 0 Å². The van der Waals surface area contributed by atoms with Crippen molar-refractivity contribution in [2.45, 2.75) is 18.3 Å². The lowest BCUT2D eigenvalue weighted by Crippen LogP contribution is -2.27. The minimum absolute atomic E-state index is 0.00528. The molecule has 0 spiro atoms. The highest BCUT2D eigenvalue weighted by molar-refractivity contribution is 6.36. The normalized spacial score (nSPS) is 15.0. The molecule has 0 bridgehead atoms. The summed E-state index contributed by atoms with van der Waals surface area (Å²) in [6.07, 6.45) is 1.39. The van der Waals surface area contributed by atoms with Crippen LogP contribution in [0, 0.1) is 10.1 Å². The van der Waals surface area contributed by atoms with Crippen LogP contribution in [0.2, 0.25) is 10.0 Å². The van der Waals surface area contributed by atoms with Gasteiger partial charge < -0.3 is 5.32 Å². The standard InChI is InChI=1S/C16H12Cl2N2O3/c17-11-3-6-14(13(18)9-11)19-15(21)16(7-8-16)10-1-4-12(5-2-10)20(22)23/h1-6,9H,7-8H2,(H,19,21). The van der Waals surface area contributed by atoms with Gasteiger partial charge in [-0.15, -0.1) is 0 Å². The molecule has 0 saturated heterocycles. The van der Waals surface area contributed by atoms with E-state index in [1.54, 1.807) is 30.3 Å². The fourth-order valence-corrected chi connectivity index (χ4v) is 2.96. The molecular formula is C16H12Cl2N2O3. The van der Waals surface area contributed by atoms with Gasteiger partial charge in [0.05, 0.1) is 21.0 Å². The Morgan fingerprint density at radius 2 is 1.78 bits per heavy atom. The molecule has 118 valence electrons. The predicted molar refractivity (Wildman–Crippen MR) is 89.1 cm³/mol. The Bertz CT molecular complexity index is 786. The van der Waals surface area contributed by atoms with Crippen LogP contribution >= 0.6 is 23.2 Å². The van der Waals surface area contributed by atoms with Gasteiger partial charge in [0.1, 0.15) is 0 Å². The van der Waals surface area contributed by atoms with Gasteiger partial charge in [-0.25, -0.2) is 0 Å². The molecule has 3 rings (SSSR count). The fraction of sp³-hybridized carbons (Fsp3) is 0.188. The van der Waals surface area contributed by atoms with E-state index in [0.717, 1.165) is 5.56 Å². The van der Waals surface area contributed by atoms with Crippen molar-refractivity contribution in [1.29, 1.82) is 0 Å². The van der Waals surface area contributed by atoms with Gasteiger partial charge in [-0.3, -0.25) is 14.9 Å². The zero-order chi connectivity index (χ0) is 16.6. The Hall–Kier alpha value is -2.11. The van der Waals surface area contributed by atoms with E-state index in [0.29, 0.717) is 28.6 Å². The van der Waals surface area contributed by atoms with Gasteiger partial charge in [-0.05, 0) is 36.6 Å². The van der Waals surface area contributed by atoms with Gasteiger partial charge in [0.2, 0.25) is 5.91 Å². The van der Waals surface area contributed by atoms with E-state index in [1.165, 1.54) is 12.1 Å². The predicted octanol–water partition coefficient (Wildman–Crippen LogP) is 4.57. The summed E-state index contributed by atoms with van der Waals surface area (Å²) in [7, 11) is 0. The van der Waals surface area contributed by atoms with Crippen molar-refractivity contribution < 1.29 is 9.72 Å². The van der Waals surface area contributed by atoms with E-state index in [4.69, 9.17) is 23.2 Å². The number of nitrogens with zero attached hydrogens (tertiary/aromatic N) is 1. The average molecular weight is 351 g/mol. The Kier molecular flexibility index (Phi) is 4.00. The van der Waals surface area contributed by atoms with Crippen molar-refractivity contribution in [2.75, 3.05) is 5.32 Å². The minimum Gasteiger partial charge on any atom is -0.324 e. The molecule has 1 saturated carbocycles. The van der Waals surface area contributed by atoms with Crippen LogP contribution in [0.1, 0.15) is 18.4 Å². The molecule has 0 aromatic heterocycles. The zero-order valence-corrected chi connectivity index (χ0v) is 13.4. The monoisotopic (exact) mass is 350 g/mol. The van der Waals surface area contributed by atoms with Gasteiger partial charge in [-0.2, -0.15) is 0 Å². The summed E-state index contributed by atoms with van der Waals surface area (Å²) in [6, 6.07) is 10.9. The number of carbonyl (C=O) groups is 1. The number of nitrogens with one attached hydrogen (secondary N) is 1. The molecule has 2 aromatic rings. The topological polar surface area (TPSA) is 72.2 Å². The summed E-state index contributed by atoms with van der Waals surface area (Å²) in [5.74, 6) is -0.171. The van der Waals surface area contributed by atoms with Crippen LogP contribution in [0.25, 0.3) is 0 Å². The number of benzene rings is 2. The van der Waals surface area contributed by atoms with E-state index in [-0.39, 0.29) is 11.6 Å². The van der Waals surface area contributed by atoms with E-state index < -0.39 is 10.3 Å². The van der Waals surface area contributed by atoms with Gasteiger partial charge >= 0.3 is 0 Å². The average Bonchev–Trinajstić information content (AvgIpc) is 3.32. The second-order valence-corrected chi connectivity index (χ2v) is 6.31. The summed E-state index contributed by atoms with van der Waals surface area (Å²) in [4.78, 5) is 22.9. The van der Waals surface area contributed by atoms with Crippen molar-refractivity contribution in [2.24, 2.45) is 0 Å². The molecule has 1 amide bonds. The van der Waals surface area contributed by atoms with E-state index in [9.17, 15) is 14.9 Å². The summed E-state index contributed by atoms with van der Waals surface area (Å²) in [5.41, 5.74) is 0.628. The van der Waals surface area contributed by atoms with Crippen LogP contribution in [0.4, 0.5) is 11.4 Å². The van der Waals surface area contributed by atoms with Crippen molar-refractivity contribution in [1.82, 2.24) is 0 Å². The van der Waals surface area contributed by atoms with Gasteiger partial charge in [0.25, 0.3) is 5.69 Å². The fourth-order valence-electron chi connectivity index (χ4n) is 2.51. The number of non-ortho nitro benzene ring substituents is 1. The highest BCUT2D eigenvalue weighted by Gasteiger charge is 2.51. The molecular weight excluding hydrogens is 339 g/mol. The first-order chi connectivity index (χ1) is 10.9. The number of nitro benzene ring substituents is 1. The molecule has 1 aliphatic carbocycles. The SMILES string of the molecule is O=C(Nc1ccc(Cl)cc1Cl)C1(c2ccc([N+](=O)[O-])cc2)CC1. The summed E-state index contributed by atoms with van der Waals surface area (Å²) < 4.78 is 0. The molecule has 0 heterocycles. The van der Waals surface area contributed by atoms with Crippen LogP contribution in [0.15, 0.2) is 42.5 Å². The number of nitro groups is 1. The number of hydrogen-bond donors (Lipinski definition) is 1. The van der Waals surface area contributed by atoms with Crippen LogP contribution in [-0.4, -0.2) is 10.8 Å². The molecule has 23 heavy (non-hydrogen) atoms. The van der Waals surface area contributed by atoms with Gasteiger partial charge in [-0.1, -0.05) is 35.3 Å². The Labute approximate surface area is 142 Å².